The number of nitrogens with zero attached hydrogens (tertiary/aromatic N) is 1. The molecule has 0 aliphatic heterocycles. The van der Waals surface area contributed by atoms with Gasteiger partial charge in [-0.2, -0.15) is 0 Å². The van der Waals surface area contributed by atoms with Crippen molar-refractivity contribution in [3.8, 4) is 5.75 Å². The third kappa shape index (κ3) is 7.26. The van der Waals surface area contributed by atoms with Crippen LogP contribution in [0.3, 0.4) is 0 Å². The zero-order valence-electron chi connectivity index (χ0n) is 17.9. The summed E-state index contributed by atoms with van der Waals surface area (Å²) in [6.45, 7) is 8.70. The highest BCUT2D eigenvalue weighted by Crippen LogP contribution is 2.14. The van der Waals surface area contributed by atoms with Gasteiger partial charge in [0.25, 0.3) is 5.91 Å². The highest BCUT2D eigenvalue weighted by Gasteiger charge is 2.26. The second kappa shape index (κ2) is 11.2. The zero-order chi connectivity index (χ0) is 21.2. The number of hydrogen-bond donors (Lipinski definition) is 1. The summed E-state index contributed by atoms with van der Waals surface area (Å²) in [4.78, 5) is 27.1. The molecule has 2 aromatic carbocycles. The lowest BCUT2D eigenvalue weighted by atomic mass is 10.1. The maximum absolute atomic E-state index is 13.0. The van der Waals surface area contributed by atoms with E-state index < -0.39 is 6.04 Å². The van der Waals surface area contributed by atoms with E-state index in [0.717, 1.165) is 29.5 Å². The van der Waals surface area contributed by atoms with Crippen LogP contribution in [0.25, 0.3) is 0 Å². The van der Waals surface area contributed by atoms with E-state index in [1.54, 1.807) is 11.8 Å². The lowest BCUT2D eigenvalue weighted by Gasteiger charge is -2.29. The number of carbonyl (C=O) groups is 2. The first kappa shape index (κ1) is 22.5. The minimum absolute atomic E-state index is 0.109. The van der Waals surface area contributed by atoms with Crippen LogP contribution in [0.2, 0.25) is 0 Å². The van der Waals surface area contributed by atoms with Crippen LogP contribution in [-0.4, -0.2) is 35.9 Å². The Bertz CT molecular complexity index is 802. The van der Waals surface area contributed by atoms with Crippen LogP contribution in [0, 0.1) is 13.8 Å². The first-order valence-electron chi connectivity index (χ1n) is 10.2. The summed E-state index contributed by atoms with van der Waals surface area (Å²) in [5.41, 5.74) is 3.20. The Kier molecular flexibility index (Phi) is 8.71. The smallest absolute Gasteiger partial charge is 0.261 e. The molecule has 1 N–H and O–H groups in total. The summed E-state index contributed by atoms with van der Waals surface area (Å²) in [7, 11) is 0. The van der Waals surface area contributed by atoms with Gasteiger partial charge in [-0.3, -0.25) is 9.59 Å². The number of ether oxygens (including phenoxy) is 1. The largest absolute Gasteiger partial charge is 0.484 e. The van der Waals surface area contributed by atoms with Gasteiger partial charge in [-0.15, -0.1) is 0 Å². The minimum Gasteiger partial charge on any atom is -0.484 e. The van der Waals surface area contributed by atoms with Crippen LogP contribution in [0.15, 0.2) is 48.5 Å². The molecule has 156 valence electrons. The molecule has 0 saturated heterocycles. The number of aryl methyl sites for hydroxylation is 2. The Morgan fingerprint density at radius 3 is 2.45 bits per heavy atom. The molecule has 2 aromatic rings. The molecule has 0 bridgehead atoms. The molecule has 2 amide bonds. The maximum atomic E-state index is 13.0. The fourth-order valence-corrected chi connectivity index (χ4v) is 2.94. The van der Waals surface area contributed by atoms with E-state index in [0.29, 0.717) is 18.8 Å². The Morgan fingerprint density at radius 1 is 1.07 bits per heavy atom. The van der Waals surface area contributed by atoms with Crippen molar-refractivity contribution in [2.24, 2.45) is 0 Å². The van der Waals surface area contributed by atoms with Crippen molar-refractivity contribution in [2.75, 3.05) is 13.2 Å². The van der Waals surface area contributed by atoms with E-state index in [4.69, 9.17) is 4.74 Å². The fraction of sp³-hybridized carbons (Fsp3) is 0.417. The first-order chi connectivity index (χ1) is 13.9. The van der Waals surface area contributed by atoms with Crippen molar-refractivity contribution in [1.29, 1.82) is 0 Å². The van der Waals surface area contributed by atoms with E-state index in [9.17, 15) is 9.59 Å². The van der Waals surface area contributed by atoms with Crippen molar-refractivity contribution in [3.05, 3.63) is 65.2 Å². The Hall–Kier alpha value is -2.82. The van der Waals surface area contributed by atoms with Gasteiger partial charge in [0, 0.05) is 13.1 Å². The fourth-order valence-electron chi connectivity index (χ4n) is 2.94. The van der Waals surface area contributed by atoms with Gasteiger partial charge in [-0.25, -0.2) is 0 Å². The number of carbonyl (C=O) groups excluding carboxylic acids is 2. The van der Waals surface area contributed by atoms with E-state index in [2.05, 4.69) is 12.2 Å². The first-order valence-corrected chi connectivity index (χ1v) is 10.2. The molecule has 0 aromatic heterocycles. The SMILES string of the molecule is CCCCNC(=O)[C@H](C)N(Cc1ccc(C)cc1)C(=O)COc1cccc(C)c1. The molecule has 1 atom stereocenters. The van der Waals surface area contributed by atoms with Crippen LogP contribution < -0.4 is 10.1 Å². The summed E-state index contributed by atoms with van der Waals surface area (Å²) >= 11 is 0. The number of hydrogen-bond acceptors (Lipinski definition) is 3. The predicted molar refractivity (Wildman–Crippen MR) is 116 cm³/mol. The zero-order valence-corrected chi connectivity index (χ0v) is 17.9. The Morgan fingerprint density at radius 2 is 1.79 bits per heavy atom. The van der Waals surface area contributed by atoms with Gasteiger partial charge in [-0.1, -0.05) is 55.3 Å². The lowest BCUT2D eigenvalue weighted by molar-refractivity contribution is -0.142. The average molecular weight is 397 g/mol. The quantitative estimate of drug-likeness (QED) is 0.617. The highest BCUT2D eigenvalue weighted by molar-refractivity contribution is 5.87. The standard InChI is InChI=1S/C24H32N2O3/c1-5-6-14-25-24(28)20(4)26(16-21-12-10-18(2)11-13-21)23(27)17-29-22-9-7-8-19(3)15-22/h7-13,15,20H,5-6,14,16-17H2,1-4H3,(H,25,28)/t20-/m0/s1. The minimum atomic E-state index is -0.582. The monoisotopic (exact) mass is 396 g/mol. The summed E-state index contributed by atoms with van der Waals surface area (Å²) in [6, 6.07) is 15.0. The van der Waals surface area contributed by atoms with E-state index in [1.807, 2.05) is 62.4 Å². The van der Waals surface area contributed by atoms with E-state index in [1.165, 1.54) is 0 Å². The van der Waals surface area contributed by atoms with Gasteiger partial charge in [0.15, 0.2) is 6.61 Å². The van der Waals surface area contributed by atoms with E-state index in [-0.39, 0.29) is 18.4 Å². The summed E-state index contributed by atoms with van der Waals surface area (Å²) in [5, 5.41) is 2.92. The molecule has 0 saturated carbocycles. The summed E-state index contributed by atoms with van der Waals surface area (Å²) < 4.78 is 5.69. The van der Waals surface area contributed by atoms with Crippen LogP contribution >= 0.6 is 0 Å². The van der Waals surface area contributed by atoms with Crippen molar-refractivity contribution in [2.45, 2.75) is 53.1 Å². The molecular weight excluding hydrogens is 364 g/mol. The second-order valence-corrected chi connectivity index (χ2v) is 7.43. The molecule has 29 heavy (non-hydrogen) atoms. The topological polar surface area (TPSA) is 58.6 Å². The number of rotatable bonds is 10. The third-order valence-corrected chi connectivity index (χ3v) is 4.82. The van der Waals surface area contributed by atoms with Gasteiger partial charge in [0.2, 0.25) is 5.91 Å². The van der Waals surface area contributed by atoms with Gasteiger partial charge in [-0.05, 0) is 50.5 Å². The highest BCUT2D eigenvalue weighted by atomic mass is 16.5. The normalized spacial score (nSPS) is 11.6. The number of amides is 2. The molecule has 5 heteroatoms. The molecule has 0 heterocycles. The van der Waals surface area contributed by atoms with Crippen molar-refractivity contribution in [3.63, 3.8) is 0 Å². The van der Waals surface area contributed by atoms with Gasteiger partial charge in [0.05, 0.1) is 0 Å². The van der Waals surface area contributed by atoms with Crippen LogP contribution in [-0.2, 0) is 16.1 Å². The van der Waals surface area contributed by atoms with Crippen molar-refractivity contribution >= 4 is 11.8 Å². The average Bonchev–Trinajstić information content (AvgIpc) is 2.71. The van der Waals surface area contributed by atoms with Crippen LogP contribution in [0.5, 0.6) is 5.75 Å². The van der Waals surface area contributed by atoms with Gasteiger partial charge >= 0.3 is 0 Å². The lowest BCUT2D eigenvalue weighted by Crippen LogP contribution is -2.49. The molecule has 2 rings (SSSR count). The molecule has 0 spiro atoms. The Balaban J connectivity index is 2.10. The molecule has 0 fully saturated rings. The number of nitrogens with one attached hydrogen (secondary N) is 1. The molecule has 0 aliphatic rings. The van der Waals surface area contributed by atoms with Gasteiger partial charge < -0.3 is 15.0 Å². The number of benzene rings is 2. The summed E-state index contributed by atoms with van der Waals surface area (Å²) in [6.07, 6.45) is 1.92. The molecule has 0 unspecified atom stereocenters. The van der Waals surface area contributed by atoms with Crippen LogP contribution in [0.4, 0.5) is 0 Å². The van der Waals surface area contributed by atoms with E-state index >= 15 is 0 Å². The summed E-state index contributed by atoms with van der Waals surface area (Å²) in [5.74, 6) is 0.286. The van der Waals surface area contributed by atoms with Gasteiger partial charge in [0.1, 0.15) is 11.8 Å². The van der Waals surface area contributed by atoms with Crippen LogP contribution in [0.1, 0.15) is 43.4 Å². The maximum Gasteiger partial charge on any atom is 0.261 e. The second-order valence-electron chi connectivity index (χ2n) is 7.43. The number of unbranched alkanes of at least 4 members (excludes halogenated alkanes) is 1. The Labute approximate surface area is 174 Å². The van der Waals surface area contributed by atoms with Crippen molar-refractivity contribution in [1.82, 2.24) is 10.2 Å². The third-order valence-electron chi connectivity index (χ3n) is 4.82. The molecule has 0 aliphatic carbocycles. The molecular formula is C24H32N2O3. The predicted octanol–water partition coefficient (Wildman–Crippen LogP) is 4.02. The molecule has 5 nitrogen and oxygen atoms in total. The van der Waals surface area contributed by atoms with Crippen molar-refractivity contribution < 1.29 is 14.3 Å². The molecule has 0 radical (unpaired) electrons.